The number of hydrogen-bond acceptors (Lipinski definition) is 2. The van der Waals surface area contributed by atoms with E-state index in [0.29, 0.717) is 5.41 Å². The van der Waals surface area contributed by atoms with Gasteiger partial charge >= 0.3 is 0 Å². The second-order valence-electron chi connectivity index (χ2n) is 7.85. The maximum Gasteiger partial charge on any atom is 0.0658 e. The van der Waals surface area contributed by atoms with Crippen LogP contribution in [0.5, 0.6) is 0 Å². The summed E-state index contributed by atoms with van der Waals surface area (Å²) in [5, 5.41) is 10.6. The fourth-order valence-corrected chi connectivity index (χ4v) is 5.58. The van der Waals surface area contributed by atoms with Crippen molar-refractivity contribution >= 4 is 0 Å². The minimum atomic E-state index is -0.324. The average Bonchev–Trinajstić information content (AvgIpc) is 1.91. The zero-order valence-corrected chi connectivity index (χ0v) is 10.6. The Hall–Kier alpha value is -0.0800. The molecule has 4 saturated carbocycles. The molecule has 2 heteroatoms. The molecule has 0 spiro atoms. The van der Waals surface area contributed by atoms with Crippen molar-refractivity contribution in [3.05, 3.63) is 0 Å². The van der Waals surface area contributed by atoms with Gasteiger partial charge in [-0.15, -0.1) is 0 Å². The molecule has 0 radical (unpaired) electrons. The third-order valence-corrected chi connectivity index (χ3v) is 4.98. The molecule has 4 aliphatic rings. The van der Waals surface area contributed by atoms with Crippen LogP contribution in [0.25, 0.3) is 0 Å². The standard InChI is InChI=1S/C14H25NO/c1-12(2,15)8-13-4-10-3-11(5-13)7-14(16,6-10)9-13/h10-11,16H,3-9,15H2,1-2H3. The predicted octanol–water partition coefficient (Wildman–Crippen LogP) is 2.45. The predicted molar refractivity (Wildman–Crippen MR) is 64.9 cm³/mol. The number of rotatable bonds is 2. The third-order valence-electron chi connectivity index (χ3n) is 4.98. The molecular weight excluding hydrogens is 198 g/mol. The fraction of sp³-hybridized carbons (Fsp3) is 1.00. The van der Waals surface area contributed by atoms with E-state index >= 15 is 0 Å². The van der Waals surface area contributed by atoms with Gasteiger partial charge in [-0.1, -0.05) is 0 Å². The highest BCUT2D eigenvalue weighted by atomic mass is 16.3. The van der Waals surface area contributed by atoms with Crippen LogP contribution < -0.4 is 5.73 Å². The van der Waals surface area contributed by atoms with E-state index in [4.69, 9.17) is 5.73 Å². The van der Waals surface area contributed by atoms with Gasteiger partial charge in [0, 0.05) is 5.54 Å². The molecule has 2 nitrogen and oxygen atoms in total. The third kappa shape index (κ3) is 1.80. The van der Waals surface area contributed by atoms with Crippen molar-refractivity contribution in [1.82, 2.24) is 0 Å². The molecule has 0 aromatic heterocycles. The zero-order chi connectivity index (χ0) is 11.6. The van der Waals surface area contributed by atoms with E-state index in [1.165, 1.54) is 19.3 Å². The molecule has 3 N–H and O–H groups in total. The zero-order valence-electron chi connectivity index (χ0n) is 10.6. The summed E-state index contributed by atoms with van der Waals surface area (Å²) in [5.74, 6) is 1.57. The van der Waals surface area contributed by atoms with Gasteiger partial charge in [-0.3, -0.25) is 0 Å². The summed E-state index contributed by atoms with van der Waals surface area (Å²) in [7, 11) is 0. The van der Waals surface area contributed by atoms with Crippen molar-refractivity contribution in [1.29, 1.82) is 0 Å². The Morgan fingerprint density at radius 2 is 1.75 bits per heavy atom. The lowest BCUT2D eigenvalue weighted by Gasteiger charge is -2.61. The first-order chi connectivity index (χ1) is 7.28. The van der Waals surface area contributed by atoms with Crippen LogP contribution in [-0.4, -0.2) is 16.2 Å². The molecule has 2 unspecified atom stereocenters. The van der Waals surface area contributed by atoms with Crippen LogP contribution in [0.4, 0.5) is 0 Å². The SMILES string of the molecule is CC(C)(N)CC12CC3CC(CC(O)(C3)C1)C2. The van der Waals surface area contributed by atoms with E-state index in [1.54, 1.807) is 0 Å². The van der Waals surface area contributed by atoms with Crippen molar-refractivity contribution in [3.8, 4) is 0 Å². The Morgan fingerprint density at radius 3 is 2.19 bits per heavy atom. The molecule has 0 amide bonds. The van der Waals surface area contributed by atoms with Crippen LogP contribution in [0, 0.1) is 17.3 Å². The minimum Gasteiger partial charge on any atom is -0.390 e. The lowest BCUT2D eigenvalue weighted by atomic mass is 9.46. The lowest BCUT2D eigenvalue weighted by Crippen LogP contribution is -2.57. The Bertz CT molecular complexity index is 286. The maximum atomic E-state index is 10.6. The summed E-state index contributed by atoms with van der Waals surface area (Å²) in [6, 6.07) is 0. The quantitative estimate of drug-likeness (QED) is 0.755. The van der Waals surface area contributed by atoms with Crippen LogP contribution in [0.3, 0.4) is 0 Å². The summed E-state index contributed by atoms with van der Waals surface area (Å²) < 4.78 is 0. The molecule has 4 fully saturated rings. The van der Waals surface area contributed by atoms with E-state index in [-0.39, 0.29) is 11.1 Å². The van der Waals surface area contributed by atoms with Crippen LogP contribution in [0.1, 0.15) is 58.8 Å². The molecular formula is C14H25NO. The van der Waals surface area contributed by atoms with Crippen LogP contribution in [0.2, 0.25) is 0 Å². The Morgan fingerprint density at radius 1 is 1.19 bits per heavy atom. The smallest absolute Gasteiger partial charge is 0.0658 e. The van der Waals surface area contributed by atoms with Gasteiger partial charge in [0.25, 0.3) is 0 Å². The number of hydrogen-bond donors (Lipinski definition) is 2. The molecule has 4 rings (SSSR count). The van der Waals surface area contributed by atoms with Crippen molar-refractivity contribution < 1.29 is 5.11 Å². The monoisotopic (exact) mass is 223 g/mol. The molecule has 16 heavy (non-hydrogen) atoms. The minimum absolute atomic E-state index is 0.0813. The second kappa shape index (κ2) is 3.02. The highest BCUT2D eigenvalue weighted by Crippen LogP contribution is 2.63. The fourth-order valence-electron chi connectivity index (χ4n) is 5.58. The first kappa shape index (κ1) is 11.0. The summed E-state index contributed by atoms with van der Waals surface area (Å²) >= 11 is 0. The van der Waals surface area contributed by atoms with Gasteiger partial charge in [0.2, 0.25) is 0 Å². The highest BCUT2D eigenvalue weighted by molar-refractivity contribution is 5.09. The highest BCUT2D eigenvalue weighted by Gasteiger charge is 2.57. The van der Waals surface area contributed by atoms with Crippen molar-refractivity contribution in [3.63, 3.8) is 0 Å². The summed E-state index contributed by atoms with van der Waals surface area (Å²) in [6.45, 7) is 4.27. The molecule has 0 aromatic carbocycles. The van der Waals surface area contributed by atoms with Crippen molar-refractivity contribution in [2.75, 3.05) is 0 Å². The van der Waals surface area contributed by atoms with Gasteiger partial charge in [-0.05, 0) is 76.0 Å². The lowest BCUT2D eigenvalue weighted by molar-refractivity contribution is -0.169. The van der Waals surface area contributed by atoms with Gasteiger partial charge in [-0.25, -0.2) is 0 Å². The molecule has 4 aliphatic carbocycles. The van der Waals surface area contributed by atoms with Crippen LogP contribution in [-0.2, 0) is 0 Å². The van der Waals surface area contributed by atoms with E-state index in [9.17, 15) is 5.11 Å². The second-order valence-corrected chi connectivity index (χ2v) is 7.85. The molecule has 0 heterocycles. The Labute approximate surface area is 98.6 Å². The van der Waals surface area contributed by atoms with Gasteiger partial charge in [-0.2, -0.15) is 0 Å². The molecule has 4 bridgehead atoms. The number of aliphatic hydroxyl groups is 1. The summed E-state index contributed by atoms with van der Waals surface area (Å²) in [5.41, 5.74) is 6.19. The normalized spacial score (nSPS) is 51.0. The van der Waals surface area contributed by atoms with E-state index in [0.717, 1.165) is 37.5 Å². The van der Waals surface area contributed by atoms with Crippen molar-refractivity contribution in [2.45, 2.75) is 69.9 Å². The molecule has 0 aromatic rings. The first-order valence-corrected chi connectivity index (χ1v) is 6.79. The van der Waals surface area contributed by atoms with Gasteiger partial charge in [0.05, 0.1) is 5.60 Å². The van der Waals surface area contributed by atoms with Crippen molar-refractivity contribution in [2.24, 2.45) is 23.0 Å². The molecule has 0 saturated heterocycles. The van der Waals surface area contributed by atoms with E-state index in [1.807, 2.05) is 0 Å². The largest absolute Gasteiger partial charge is 0.390 e. The molecule has 0 aliphatic heterocycles. The summed E-state index contributed by atoms with van der Waals surface area (Å²) in [6.07, 6.45) is 8.27. The van der Waals surface area contributed by atoms with E-state index < -0.39 is 0 Å². The van der Waals surface area contributed by atoms with Gasteiger partial charge in [0.15, 0.2) is 0 Å². The topological polar surface area (TPSA) is 46.2 Å². The van der Waals surface area contributed by atoms with Gasteiger partial charge in [0.1, 0.15) is 0 Å². The Kier molecular flexibility index (Phi) is 2.09. The number of nitrogens with two attached hydrogens (primary N) is 1. The molecule has 2 atom stereocenters. The first-order valence-electron chi connectivity index (χ1n) is 6.79. The average molecular weight is 223 g/mol. The summed E-state index contributed by atoms with van der Waals surface area (Å²) in [4.78, 5) is 0. The van der Waals surface area contributed by atoms with Gasteiger partial charge < -0.3 is 10.8 Å². The Balaban J connectivity index is 1.86. The maximum absolute atomic E-state index is 10.6. The van der Waals surface area contributed by atoms with E-state index in [2.05, 4.69) is 13.8 Å². The van der Waals surface area contributed by atoms with Crippen LogP contribution >= 0.6 is 0 Å². The molecule has 92 valence electrons. The van der Waals surface area contributed by atoms with Crippen LogP contribution in [0.15, 0.2) is 0 Å².